The van der Waals surface area contributed by atoms with Crippen molar-refractivity contribution in [2.45, 2.75) is 79.4 Å². The number of carbonyl (C=O) groups is 2. The summed E-state index contributed by atoms with van der Waals surface area (Å²) in [5.74, 6) is -1.83. The molecule has 45 heavy (non-hydrogen) atoms. The molecule has 0 aliphatic carbocycles. The summed E-state index contributed by atoms with van der Waals surface area (Å²) in [6.07, 6.45) is -1.16. The van der Waals surface area contributed by atoms with Crippen LogP contribution < -0.4 is 0 Å². The minimum Gasteiger partial charge on any atom is -0.481 e. The van der Waals surface area contributed by atoms with E-state index in [2.05, 4.69) is 9.97 Å². The van der Waals surface area contributed by atoms with Crippen molar-refractivity contribution in [3.05, 3.63) is 69.3 Å². The van der Waals surface area contributed by atoms with Gasteiger partial charge in [-0.15, -0.1) is 0 Å². The van der Waals surface area contributed by atoms with Crippen LogP contribution in [0, 0.1) is 13.8 Å². The molecule has 3 aromatic heterocycles. The first-order chi connectivity index (χ1) is 20.8. The van der Waals surface area contributed by atoms with Gasteiger partial charge in [-0.05, 0) is 112 Å². The number of nitrogens with one attached hydrogen (secondary N) is 2. The van der Waals surface area contributed by atoms with Crippen molar-refractivity contribution >= 4 is 56.3 Å². The number of aliphatic hydroxyl groups is 2. The Morgan fingerprint density at radius 2 is 1.20 bits per heavy atom. The van der Waals surface area contributed by atoms with Crippen LogP contribution in [0.5, 0.6) is 0 Å². The molecule has 2 aliphatic rings. The summed E-state index contributed by atoms with van der Waals surface area (Å²) >= 11 is 0. The maximum atomic E-state index is 11.6. The molecule has 0 saturated carbocycles. The first kappa shape index (κ1) is 34.1. The van der Waals surface area contributed by atoms with Crippen molar-refractivity contribution < 1.29 is 51.7 Å². The summed E-state index contributed by atoms with van der Waals surface area (Å²) in [6, 6.07) is 7.51. The van der Waals surface area contributed by atoms with Crippen LogP contribution in [0.25, 0.3) is 44.4 Å². The number of aromatic amines is 2. The predicted octanol–water partition coefficient (Wildman–Crippen LogP) is 6.11. The van der Waals surface area contributed by atoms with E-state index in [4.69, 9.17) is 9.97 Å². The Balaban J connectivity index is 0.00000461. The fraction of sp³-hybridized carbons (Fsp3) is 0.353. The van der Waals surface area contributed by atoms with Gasteiger partial charge in [0, 0.05) is 67.8 Å². The average Bonchev–Trinajstić information content (AvgIpc) is 3.59. The van der Waals surface area contributed by atoms with Gasteiger partial charge in [0.05, 0.1) is 35.0 Å². The van der Waals surface area contributed by atoms with Gasteiger partial charge in [0.15, 0.2) is 0 Å². The Labute approximate surface area is 275 Å². The van der Waals surface area contributed by atoms with E-state index in [0.29, 0.717) is 44.9 Å². The Morgan fingerprint density at radius 3 is 1.82 bits per heavy atom. The van der Waals surface area contributed by atoms with Crippen LogP contribution in [0.4, 0.5) is 0 Å². The van der Waals surface area contributed by atoms with E-state index in [9.17, 15) is 30.0 Å². The Hall–Kier alpha value is -3.83. The van der Waals surface area contributed by atoms with Crippen molar-refractivity contribution in [1.82, 2.24) is 19.9 Å². The summed E-state index contributed by atoms with van der Waals surface area (Å²) in [7, 11) is 0. The molecule has 2 unspecified atom stereocenters. The van der Waals surface area contributed by atoms with E-state index in [1.54, 1.807) is 13.8 Å². The molecule has 2 atom stereocenters. The van der Waals surface area contributed by atoms with Gasteiger partial charge in [0.1, 0.15) is 0 Å². The van der Waals surface area contributed by atoms with Crippen LogP contribution >= 0.6 is 0 Å². The van der Waals surface area contributed by atoms with Crippen LogP contribution in [0.3, 0.4) is 0 Å². The van der Waals surface area contributed by atoms with E-state index >= 15 is 0 Å². The Bertz CT molecular complexity index is 1930. The standard InChI is InChI=1S/C34H38N4O6.Ti/c1-15-21(7-9-31(41)42)27-14-28-22(8-10-32(43)44)16(2)24(36-28)12-29-34(20(6)40)18(4)26(38-29)13-30-33(19(5)39)17(3)25(37-30)11-23(15)35-27;/h11-14,19-20,35,38-40H,7-10H2,1-6H3,(H,41,42)(H,43,44);. The molecule has 2 aliphatic heterocycles. The molecule has 0 saturated heterocycles. The molecule has 0 fully saturated rings. The first-order valence-corrected chi connectivity index (χ1v) is 14.7. The number of aromatic nitrogens is 4. The zero-order valence-electron chi connectivity index (χ0n) is 26.3. The minimum atomic E-state index is -0.917. The molecule has 234 valence electrons. The number of aliphatic hydroxyl groups excluding tert-OH is 2. The summed E-state index contributed by atoms with van der Waals surface area (Å²) < 4.78 is 0. The molecule has 10 nitrogen and oxygen atoms in total. The molecule has 0 radical (unpaired) electrons. The van der Waals surface area contributed by atoms with Crippen molar-refractivity contribution in [2.75, 3.05) is 0 Å². The minimum absolute atomic E-state index is 0. The number of hydrogen-bond acceptors (Lipinski definition) is 6. The Morgan fingerprint density at radius 1 is 0.689 bits per heavy atom. The zero-order chi connectivity index (χ0) is 32.0. The molecule has 0 aromatic carbocycles. The van der Waals surface area contributed by atoms with Crippen molar-refractivity contribution in [2.24, 2.45) is 0 Å². The molecule has 5 heterocycles. The molecule has 11 heteroatoms. The summed E-state index contributed by atoms with van der Waals surface area (Å²) in [5, 5.41) is 40.5. The second-order valence-electron chi connectivity index (χ2n) is 11.7. The number of nitrogens with zero attached hydrogens (tertiary/aromatic N) is 2. The zero-order valence-corrected chi connectivity index (χ0v) is 27.9. The third-order valence-electron chi connectivity index (χ3n) is 8.65. The van der Waals surface area contributed by atoms with E-state index in [-0.39, 0.29) is 47.4 Å². The van der Waals surface area contributed by atoms with E-state index in [0.717, 1.165) is 44.4 Å². The van der Waals surface area contributed by atoms with Crippen molar-refractivity contribution in [3.63, 3.8) is 0 Å². The first-order valence-electron chi connectivity index (χ1n) is 14.7. The van der Waals surface area contributed by atoms with Gasteiger partial charge in [0.2, 0.25) is 0 Å². The number of aliphatic carboxylic acids is 2. The number of rotatable bonds is 8. The molecule has 3 aromatic rings. The smallest absolute Gasteiger partial charge is 0.303 e. The number of H-pyrrole nitrogens is 2. The molecular formula is C34H38N4O6Ti. The van der Waals surface area contributed by atoms with E-state index in [1.165, 1.54) is 0 Å². The summed E-state index contributed by atoms with van der Waals surface area (Å²) in [4.78, 5) is 39.8. The fourth-order valence-corrected chi connectivity index (χ4v) is 6.31. The third kappa shape index (κ3) is 6.60. The monoisotopic (exact) mass is 646 g/mol. The van der Waals surface area contributed by atoms with Crippen LogP contribution in [0.2, 0.25) is 0 Å². The topological polar surface area (TPSA) is 172 Å². The predicted molar refractivity (Wildman–Crippen MR) is 171 cm³/mol. The normalized spacial score (nSPS) is 14.4. The van der Waals surface area contributed by atoms with Gasteiger partial charge in [-0.3, -0.25) is 9.59 Å². The fourth-order valence-electron chi connectivity index (χ4n) is 6.31. The number of aryl methyl sites for hydroxylation is 3. The Kier molecular flexibility index (Phi) is 10.0. The number of fused-ring (bicyclic) bond motifs is 8. The average molecular weight is 647 g/mol. The van der Waals surface area contributed by atoms with E-state index in [1.807, 2.05) is 52.0 Å². The van der Waals surface area contributed by atoms with Crippen LogP contribution in [-0.2, 0) is 37.7 Å². The van der Waals surface area contributed by atoms with Gasteiger partial charge in [0.25, 0.3) is 0 Å². The summed E-state index contributed by atoms with van der Waals surface area (Å²) in [6.45, 7) is 11.1. The van der Waals surface area contributed by atoms with Crippen LogP contribution in [-0.4, -0.2) is 58.4 Å². The number of hydrogen-bond donors (Lipinski definition) is 6. The molecule has 0 spiro atoms. The maximum Gasteiger partial charge on any atom is 0.303 e. The van der Waals surface area contributed by atoms with Gasteiger partial charge < -0.3 is 30.4 Å². The largest absolute Gasteiger partial charge is 0.481 e. The number of carboxylic acids is 2. The third-order valence-corrected chi connectivity index (χ3v) is 8.65. The van der Waals surface area contributed by atoms with Gasteiger partial charge >= 0.3 is 11.9 Å². The number of carboxylic acid groups (broad SMARTS) is 2. The van der Waals surface area contributed by atoms with Gasteiger partial charge in [-0.25, -0.2) is 9.97 Å². The van der Waals surface area contributed by atoms with Crippen LogP contribution in [0.15, 0.2) is 24.3 Å². The van der Waals surface area contributed by atoms with Crippen molar-refractivity contribution in [1.29, 1.82) is 0 Å². The van der Waals surface area contributed by atoms with Crippen molar-refractivity contribution in [3.8, 4) is 0 Å². The SMILES string of the molecule is CC1=C(CCC(=O)O)c2cc3[nH]c(cc4nc(cc5[nH]c(cc1n2)c(C(C)O)c5C)C(C(C)O)=C4C)c(C)c3CCC(=O)O.[Ti]. The molecule has 5 rings (SSSR count). The van der Waals surface area contributed by atoms with E-state index < -0.39 is 24.1 Å². The molecule has 8 bridgehead atoms. The maximum absolute atomic E-state index is 11.6. The van der Waals surface area contributed by atoms with Gasteiger partial charge in [-0.1, -0.05) is 0 Å². The second-order valence-corrected chi connectivity index (χ2v) is 11.7. The van der Waals surface area contributed by atoms with Crippen LogP contribution in [0.1, 0.15) is 98.1 Å². The van der Waals surface area contributed by atoms with Gasteiger partial charge in [-0.2, -0.15) is 0 Å². The quantitative estimate of drug-likeness (QED) is 0.159. The number of allylic oxidation sites excluding steroid dienone is 3. The molecular weight excluding hydrogens is 608 g/mol. The summed E-state index contributed by atoms with van der Waals surface area (Å²) in [5.41, 5.74) is 11.7. The molecule has 6 N–H and O–H groups in total. The molecule has 0 amide bonds. The second kappa shape index (κ2) is 13.3.